The molecule has 3 N–H and O–H groups in total. The standard InChI is InChI=1S/C63H105N2O6P/c1-6-8-10-12-14-16-18-20-21-22-23-24-25-26-27-28-29-30-31-32-33-34-35-36-37-38-39-40-41-42-43-45-47-49-51-53-55-57-63(67)64-61(60-71-72(68,69)70-59-58-65(3,4)5)62(66)56-54-52-50-48-46-44-19-17-15-13-11-9-7-2/h8,10,14-17,20-21,23-24,26-27,29-30,32-33,35-36,38-39,46,48,54,56,61-62,66H,6-7,9,11-13,18-19,22,25,28,31,34,37,40-45,47,49-53,55,57-60H2,1-5H3,(H-,64,67,68,69)/p+1/b10-8-,16-14-,17-15+,21-20-,24-23-,27-26-,30-29-,33-32-,36-35-,39-38-,48-46+,56-54+. The number of aliphatic hydroxyl groups is 1. The van der Waals surface area contributed by atoms with E-state index in [0.29, 0.717) is 17.4 Å². The van der Waals surface area contributed by atoms with Crippen LogP contribution in [0.3, 0.4) is 0 Å². The highest BCUT2D eigenvalue weighted by Gasteiger charge is 2.27. The number of phosphoric ester groups is 1. The number of carbonyl (C=O) groups excluding carboxylic acids is 1. The summed E-state index contributed by atoms with van der Waals surface area (Å²) in [7, 11) is 1.52. The summed E-state index contributed by atoms with van der Waals surface area (Å²) in [6.45, 7) is 4.60. The van der Waals surface area contributed by atoms with Crippen molar-refractivity contribution in [2.75, 3.05) is 40.9 Å². The summed E-state index contributed by atoms with van der Waals surface area (Å²) in [5, 5.41) is 13.8. The highest BCUT2D eigenvalue weighted by Crippen LogP contribution is 2.43. The molecule has 72 heavy (non-hydrogen) atoms. The van der Waals surface area contributed by atoms with Crippen LogP contribution in [0.4, 0.5) is 0 Å². The first-order valence-corrected chi connectivity index (χ1v) is 29.7. The first kappa shape index (κ1) is 68.4. The van der Waals surface area contributed by atoms with Crippen LogP contribution in [0.5, 0.6) is 0 Å². The van der Waals surface area contributed by atoms with Crippen LogP contribution in [0.15, 0.2) is 146 Å². The third-order valence-electron chi connectivity index (χ3n) is 11.5. The second-order valence-corrected chi connectivity index (χ2v) is 21.0. The molecule has 0 aromatic carbocycles. The predicted molar refractivity (Wildman–Crippen MR) is 313 cm³/mol. The van der Waals surface area contributed by atoms with Gasteiger partial charge in [-0.05, 0) is 116 Å². The van der Waals surface area contributed by atoms with E-state index in [1.165, 1.54) is 51.4 Å². The predicted octanol–water partition coefficient (Wildman–Crippen LogP) is 17.3. The van der Waals surface area contributed by atoms with Crippen molar-refractivity contribution in [3.05, 3.63) is 146 Å². The molecule has 0 aliphatic rings. The Morgan fingerprint density at radius 1 is 0.486 bits per heavy atom. The highest BCUT2D eigenvalue weighted by atomic mass is 31.2. The van der Waals surface area contributed by atoms with Crippen molar-refractivity contribution in [2.24, 2.45) is 0 Å². The van der Waals surface area contributed by atoms with Crippen LogP contribution in [0.2, 0.25) is 0 Å². The first-order valence-electron chi connectivity index (χ1n) is 28.2. The van der Waals surface area contributed by atoms with E-state index in [9.17, 15) is 19.4 Å². The second kappa shape index (κ2) is 52.3. The van der Waals surface area contributed by atoms with E-state index in [0.717, 1.165) is 122 Å². The molecule has 1 amide bonds. The van der Waals surface area contributed by atoms with E-state index < -0.39 is 20.0 Å². The SMILES string of the molecule is CC/C=C\C/C=C\C/C=C\C/C=C\C/C=C\C/C=C\C/C=C\C/C=C\C/C=C\CCCCCCCCCCCC(=O)NC(COP(=O)(O)OCC[N+](C)(C)C)C(O)/C=C/CC/C=C/CC/C=C/CCCCC. The molecule has 0 saturated heterocycles. The van der Waals surface area contributed by atoms with E-state index in [4.69, 9.17) is 9.05 Å². The lowest BCUT2D eigenvalue weighted by atomic mass is 10.1. The summed E-state index contributed by atoms with van der Waals surface area (Å²) in [4.78, 5) is 23.2. The largest absolute Gasteiger partial charge is 0.472 e. The summed E-state index contributed by atoms with van der Waals surface area (Å²) in [5.74, 6) is -0.206. The summed E-state index contributed by atoms with van der Waals surface area (Å²) in [5.41, 5.74) is 0. The maximum Gasteiger partial charge on any atom is 0.472 e. The molecule has 0 spiro atoms. The van der Waals surface area contributed by atoms with Gasteiger partial charge in [-0.25, -0.2) is 4.57 Å². The fourth-order valence-electron chi connectivity index (χ4n) is 7.12. The van der Waals surface area contributed by atoms with E-state index in [-0.39, 0.29) is 19.1 Å². The number of unbranched alkanes of at least 4 members (excludes halogenated alkanes) is 14. The molecule has 0 aromatic heterocycles. The van der Waals surface area contributed by atoms with Crippen LogP contribution in [-0.4, -0.2) is 73.4 Å². The molecule has 0 rings (SSSR count). The Labute approximate surface area is 442 Å². The third kappa shape index (κ3) is 54.2. The van der Waals surface area contributed by atoms with Crippen LogP contribution in [0.25, 0.3) is 0 Å². The van der Waals surface area contributed by atoms with Gasteiger partial charge in [0.1, 0.15) is 13.2 Å². The van der Waals surface area contributed by atoms with Gasteiger partial charge in [-0.3, -0.25) is 13.8 Å². The Morgan fingerprint density at radius 2 is 0.847 bits per heavy atom. The quantitative estimate of drug-likeness (QED) is 0.0243. The van der Waals surface area contributed by atoms with Gasteiger partial charge in [0.2, 0.25) is 5.91 Å². The summed E-state index contributed by atoms with van der Waals surface area (Å²) in [6.07, 6.45) is 81.0. The summed E-state index contributed by atoms with van der Waals surface area (Å²) in [6, 6.07) is -0.883. The van der Waals surface area contributed by atoms with Crippen molar-refractivity contribution in [3.63, 3.8) is 0 Å². The van der Waals surface area contributed by atoms with Gasteiger partial charge in [0.25, 0.3) is 0 Å². The molecule has 0 aliphatic carbocycles. The van der Waals surface area contributed by atoms with E-state index in [1.54, 1.807) is 6.08 Å². The van der Waals surface area contributed by atoms with E-state index in [2.05, 4.69) is 153 Å². The van der Waals surface area contributed by atoms with Gasteiger partial charge in [-0.2, -0.15) is 0 Å². The van der Waals surface area contributed by atoms with Crippen molar-refractivity contribution < 1.29 is 32.9 Å². The fourth-order valence-corrected chi connectivity index (χ4v) is 7.86. The van der Waals surface area contributed by atoms with Gasteiger partial charge < -0.3 is 19.8 Å². The maximum atomic E-state index is 12.9. The molecule has 3 unspecified atom stereocenters. The van der Waals surface area contributed by atoms with Crippen molar-refractivity contribution >= 4 is 13.7 Å². The van der Waals surface area contributed by atoms with Gasteiger partial charge in [0.15, 0.2) is 0 Å². The lowest BCUT2D eigenvalue weighted by molar-refractivity contribution is -0.870. The molecule has 8 nitrogen and oxygen atoms in total. The molecule has 0 fully saturated rings. The molecule has 3 atom stereocenters. The van der Waals surface area contributed by atoms with Crippen LogP contribution in [-0.2, 0) is 18.4 Å². The Kier molecular flexibility index (Phi) is 49.6. The number of aliphatic hydroxyl groups excluding tert-OH is 1. The van der Waals surface area contributed by atoms with Gasteiger partial charge in [0.05, 0.1) is 39.9 Å². The zero-order chi connectivity index (χ0) is 52.7. The van der Waals surface area contributed by atoms with E-state index in [1.807, 2.05) is 27.2 Å². The molecule has 0 bridgehead atoms. The Morgan fingerprint density at radius 3 is 1.28 bits per heavy atom. The molecule has 0 aromatic rings. The number of hydrogen-bond donors (Lipinski definition) is 3. The van der Waals surface area contributed by atoms with Crippen molar-refractivity contribution in [3.8, 4) is 0 Å². The third-order valence-corrected chi connectivity index (χ3v) is 12.5. The molecular formula is C63H106N2O6P+. The molecule has 0 aliphatic heterocycles. The van der Waals surface area contributed by atoms with Crippen LogP contribution >= 0.6 is 7.82 Å². The van der Waals surface area contributed by atoms with Crippen molar-refractivity contribution in [1.29, 1.82) is 0 Å². The summed E-state index contributed by atoms with van der Waals surface area (Å²) < 4.78 is 23.6. The van der Waals surface area contributed by atoms with Crippen LogP contribution in [0.1, 0.15) is 194 Å². The molecule has 408 valence electrons. The zero-order valence-corrected chi connectivity index (χ0v) is 47.2. The number of allylic oxidation sites excluding steroid dienone is 23. The van der Waals surface area contributed by atoms with Crippen LogP contribution in [0, 0.1) is 0 Å². The Bertz CT molecular complexity index is 1670. The minimum atomic E-state index is -4.37. The maximum absolute atomic E-state index is 12.9. The van der Waals surface area contributed by atoms with Crippen molar-refractivity contribution in [2.45, 2.75) is 206 Å². The molecule has 0 saturated carbocycles. The number of nitrogens with one attached hydrogen (secondary N) is 1. The number of quaternary nitrogens is 1. The van der Waals surface area contributed by atoms with Crippen LogP contribution < -0.4 is 5.32 Å². The molecule has 0 radical (unpaired) electrons. The highest BCUT2D eigenvalue weighted by molar-refractivity contribution is 7.47. The number of nitrogens with zero attached hydrogens (tertiary/aromatic N) is 1. The number of carbonyl (C=O) groups is 1. The van der Waals surface area contributed by atoms with Gasteiger partial charge in [-0.15, -0.1) is 0 Å². The first-order chi connectivity index (χ1) is 35.0. The van der Waals surface area contributed by atoms with Crippen molar-refractivity contribution in [1.82, 2.24) is 5.32 Å². The number of amides is 1. The fraction of sp³-hybridized carbons (Fsp3) is 0.603. The number of rotatable bonds is 49. The minimum Gasteiger partial charge on any atom is -0.387 e. The number of hydrogen-bond acceptors (Lipinski definition) is 5. The molecular weight excluding hydrogens is 912 g/mol. The normalized spacial score (nSPS) is 15.0. The minimum absolute atomic E-state index is 0.0446. The summed E-state index contributed by atoms with van der Waals surface area (Å²) >= 11 is 0. The Hall–Kier alpha value is -3.62. The van der Waals surface area contributed by atoms with Gasteiger partial charge in [-0.1, -0.05) is 217 Å². The Balaban J connectivity index is 4.18. The topological polar surface area (TPSA) is 105 Å². The van der Waals surface area contributed by atoms with Gasteiger partial charge in [0, 0.05) is 6.42 Å². The number of likely N-dealkylation sites (N-methyl/N-ethyl adjacent to an activating group) is 1. The monoisotopic (exact) mass is 1020 g/mol. The number of phosphoric acid groups is 1. The van der Waals surface area contributed by atoms with E-state index >= 15 is 0 Å². The zero-order valence-electron chi connectivity index (χ0n) is 46.4. The lowest BCUT2D eigenvalue weighted by Gasteiger charge is -2.25. The molecule has 0 heterocycles. The average Bonchev–Trinajstić information content (AvgIpc) is 3.34. The van der Waals surface area contributed by atoms with Gasteiger partial charge >= 0.3 is 7.82 Å². The lowest BCUT2D eigenvalue weighted by Crippen LogP contribution is -2.45. The average molecular weight is 1020 g/mol. The molecule has 9 heteroatoms. The smallest absolute Gasteiger partial charge is 0.387 e. The second-order valence-electron chi connectivity index (χ2n) is 19.6.